The van der Waals surface area contributed by atoms with Gasteiger partial charge in [0, 0.05) is 13.1 Å². The second kappa shape index (κ2) is 5.24. The van der Waals surface area contributed by atoms with Crippen molar-refractivity contribution in [2.24, 2.45) is 5.73 Å². The summed E-state index contributed by atoms with van der Waals surface area (Å²) in [6.07, 6.45) is 0. The minimum absolute atomic E-state index is 0.428. The molecule has 82 valence electrons. The van der Waals surface area contributed by atoms with E-state index in [0.717, 1.165) is 5.69 Å². The molecule has 0 heterocycles. The van der Waals surface area contributed by atoms with E-state index in [1.165, 1.54) is 5.01 Å². The molecule has 0 radical (unpaired) electrons. The average Bonchev–Trinajstić information content (AvgIpc) is 2.26. The van der Waals surface area contributed by atoms with Gasteiger partial charge in [-0.05, 0) is 26.0 Å². The molecular weight excluding hydrogens is 190 g/mol. The van der Waals surface area contributed by atoms with Gasteiger partial charge < -0.3 is 5.73 Å². The number of anilines is 1. The number of primary amides is 1. The fraction of sp³-hybridized carbons (Fsp3) is 0.364. The molecule has 15 heavy (non-hydrogen) atoms. The Morgan fingerprint density at radius 3 is 2.20 bits per heavy atom. The molecule has 1 aromatic rings. The fourth-order valence-corrected chi connectivity index (χ4v) is 1.54. The summed E-state index contributed by atoms with van der Waals surface area (Å²) in [4.78, 5) is 11.2. The van der Waals surface area contributed by atoms with Crippen molar-refractivity contribution in [2.45, 2.75) is 13.8 Å². The van der Waals surface area contributed by atoms with Crippen LogP contribution in [-0.2, 0) is 0 Å². The van der Waals surface area contributed by atoms with Gasteiger partial charge in [0.25, 0.3) is 0 Å². The Bertz CT molecular complexity index is 313. The highest BCUT2D eigenvalue weighted by Gasteiger charge is 2.15. The summed E-state index contributed by atoms with van der Waals surface area (Å²) in [7, 11) is 0. The summed E-state index contributed by atoms with van der Waals surface area (Å²) in [5.74, 6) is 0. The van der Waals surface area contributed by atoms with Gasteiger partial charge in [-0.15, -0.1) is 0 Å². The number of hydrogen-bond donors (Lipinski definition) is 1. The number of hydrazine groups is 1. The van der Waals surface area contributed by atoms with E-state index in [2.05, 4.69) is 0 Å². The number of urea groups is 1. The van der Waals surface area contributed by atoms with Crippen molar-refractivity contribution in [2.75, 3.05) is 18.1 Å². The van der Waals surface area contributed by atoms with Gasteiger partial charge in [0.2, 0.25) is 0 Å². The van der Waals surface area contributed by atoms with E-state index in [-0.39, 0.29) is 0 Å². The molecule has 0 aliphatic carbocycles. The number of rotatable bonds is 4. The topological polar surface area (TPSA) is 49.6 Å². The van der Waals surface area contributed by atoms with Crippen LogP contribution in [-0.4, -0.2) is 24.1 Å². The van der Waals surface area contributed by atoms with Gasteiger partial charge in [0.15, 0.2) is 0 Å². The Labute approximate surface area is 90.2 Å². The SMILES string of the molecule is CCN(C(N)=O)N(CC)c1ccccc1. The first-order chi connectivity index (χ1) is 7.20. The van der Waals surface area contributed by atoms with E-state index in [9.17, 15) is 4.79 Å². The maximum atomic E-state index is 11.2. The standard InChI is InChI=1S/C11H17N3O/c1-3-13(14(4-2)11(12)15)10-8-6-5-7-9-10/h5-9H,3-4H2,1-2H3,(H2,12,15). The van der Waals surface area contributed by atoms with Crippen LogP contribution in [0.3, 0.4) is 0 Å². The second-order valence-electron chi connectivity index (χ2n) is 3.11. The van der Waals surface area contributed by atoms with Crippen LogP contribution in [0.15, 0.2) is 30.3 Å². The molecule has 0 unspecified atom stereocenters. The molecule has 4 nitrogen and oxygen atoms in total. The lowest BCUT2D eigenvalue weighted by Crippen LogP contribution is -2.49. The highest BCUT2D eigenvalue weighted by atomic mass is 16.2. The first kappa shape index (κ1) is 11.4. The van der Waals surface area contributed by atoms with Crippen molar-refractivity contribution in [1.82, 2.24) is 5.01 Å². The number of carbonyl (C=O) groups excluding carboxylic acids is 1. The van der Waals surface area contributed by atoms with Crippen molar-refractivity contribution in [3.8, 4) is 0 Å². The predicted octanol–water partition coefficient (Wildman–Crippen LogP) is 1.83. The molecule has 0 aliphatic heterocycles. The molecule has 1 aromatic carbocycles. The van der Waals surface area contributed by atoms with Gasteiger partial charge in [-0.1, -0.05) is 18.2 Å². The molecule has 0 bridgehead atoms. The van der Waals surface area contributed by atoms with Crippen molar-refractivity contribution in [1.29, 1.82) is 0 Å². The maximum Gasteiger partial charge on any atom is 0.333 e. The van der Waals surface area contributed by atoms with Crippen LogP contribution in [0.4, 0.5) is 10.5 Å². The Morgan fingerprint density at radius 1 is 1.20 bits per heavy atom. The van der Waals surface area contributed by atoms with Crippen molar-refractivity contribution in [3.05, 3.63) is 30.3 Å². The molecule has 0 saturated carbocycles. The largest absolute Gasteiger partial charge is 0.350 e. The van der Waals surface area contributed by atoms with Gasteiger partial charge in [0.1, 0.15) is 0 Å². The molecule has 1 rings (SSSR count). The molecule has 0 aromatic heterocycles. The van der Waals surface area contributed by atoms with Crippen LogP contribution >= 0.6 is 0 Å². The first-order valence-electron chi connectivity index (χ1n) is 5.10. The summed E-state index contributed by atoms with van der Waals surface area (Å²) in [5, 5.41) is 3.39. The summed E-state index contributed by atoms with van der Waals surface area (Å²) < 4.78 is 0. The van der Waals surface area contributed by atoms with E-state index >= 15 is 0 Å². The van der Waals surface area contributed by atoms with Crippen LogP contribution < -0.4 is 10.7 Å². The smallest absolute Gasteiger partial charge is 0.333 e. The number of para-hydroxylation sites is 1. The summed E-state index contributed by atoms with van der Waals surface area (Å²) in [6.45, 7) is 5.16. The van der Waals surface area contributed by atoms with E-state index < -0.39 is 6.03 Å². The lowest BCUT2D eigenvalue weighted by atomic mass is 10.3. The number of amides is 2. The second-order valence-corrected chi connectivity index (χ2v) is 3.11. The summed E-state index contributed by atoms with van der Waals surface area (Å²) >= 11 is 0. The lowest BCUT2D eigenvalue weighted by molar-refractivity contribution is 0.205. The highest BCUT2D eigenvalue weighted by Crippen LogP contribution is 2.15. The lowest BCUT2D eigenvalue weighted by Gasteiger charge is -2.33. The monoisotopic (exact) mass is 207 g/mol. The Hall–Kier alpha value is -1.71. The quantitative estimate of drug-likeness (QED) is 0.766. The molecule has 0 saturated heterocycles. The molecular formula is C11H17N3O. The van der Waals surface area contributed by atoms with Crippen molar-refractivity contribution < 1.29 is 4.79 Å². The predicted molar refractivity (Wildman–Crippen MR) is 61.4 cm³/mol. The summed E-state index contributed by atoms with van der Waals surface area (Å²) in [6, 6.07) is 9.30. The number of benzene rings is 1. The van der Waals surface area contributed by atoms with Crippen molar-refractivity contribution >= 4 is 11.7 Å². The van der Waals surface area contributed by atoms with Gasteiger partial charge in [-0.3, -0.25) is 5.01 Å². The molecule has 2 N–H and O–H groups in total. The molecule has 0 fully saturated rings. The zero-order valence-corrected chi connectivity index (χ0v) is 9.18. The van der Waals surface area contributed by atoms with E-state index in [1.54, 1.807) is 0 Å². The van der Waals surface area contributed by atoms with E-state index in [1.807, 2.05) is 49.2 Å². The molecule has 2 amide bonds. The highest BCUT2D eigenvalue weighted by molar-refractivity contribution is 5.74. The number of hydrogen-bond acceptors (Lipinski definition) is 2. The van der Waals surface area contributed by atoms with Crippen LogP contribution in [0.2, 0.25) is 0 Å². The van der Waals surface area contributed by atoms with Crippen LogP contribution in [0.1, 0.15) is 13.8 Å². The number of carbonyl (C=O) groups is 1. The third-order valence-electron chi connectivity index (χ3n) is 2.20. The summed E-state index contributed by atoms with van der Waals surface area (Å²) in [5.41, 5.74) is 6.28. The van der Waals surface area contributed by atoms with E-state index in [0.29, 0.717) is 13.1 Å². The van der Waals surface area contributed by atoms with Crippen LogP contribution in [0, 0.1) is 0 Å². The minimum atomic E-state index is -0.428. The number of nitrogens with two attached hydrogens (primary N) is 1. The molecule has 4 heteroatoms. The Morgan fingerprint density at radius 2 is 1.80 bits per heavy atom. The third-order valence-corrected chi connectivity index (χ3v) is 2.20. The molecule has 0 aliphatic rings. The zero-order valence-electron chi connectivity index (χ0n) is 9.18. The zero-order chi connectivity index (χ0) is 11.3. The normalized spacial score (nSPS) is 9.73. The maximum absolute atomic E-state index is 11.2. The van der Waals surface area contributed by atoms with Crippen molar-refractivity contribution in [3.63, 3.8) is 0 Å². The number of nitrogens with zero attached hydrogens (tertiary/aromatic N) is 2. The van der Waals surface area contributed by atoms with E-state index in [4.69, 9.17) is 5.73 Å². The van der Waals surface area contributed by atoms with Gasteiger partial charge in [-0.25, -0.2) is 9.80 Å². The van der Waals surface area contributed by atoms with Crippen LogP contribution in [0.25, 0.3) is 0 Å². The molecule has 0 atom stereocenters. The fourth-order valence-electron chi connectivity index (χ4n) is 1.54. The van der Waals surface area contributed by atoms with Gasteiger partial charge >= 0.3 is 6.03 Å². The van der Waals surface area contributed by atoms with Gasteiger partial charge in [-0.2, -0.15) is 0 Å². The van der Waals surface area contributed by atoms with Crippen LogP contribution in [0.5, 0.6) is 0 Å². The minimum Gasteiger partial charge on any atom is -0.350 e. The first-order valence-corrected chi connectivity index (χ1v) is 5.10. The van der Waals surface area contributed by atoms with Gasteiger partial charge in [0.05, 0.1) is 5.69 Å². The Balaban J connectivity index is 2.92. The third kappa shape index (κ3) is 2.62. The molecule has 0 spiro atoms. The average molecular weight is 207 g/mol. The Kier molecular flexibility index (Phi) is 3.97.